The van der Waals surface area contributed by atoms with Gasteiger partial charge in [0.2, 0.25) is 0 Å². The zero-order valence-electron chi connectivity index (χ0n) is 24.1. The molecule has 0 N–H and O–H groups in total. The van der Waals surface area contributed by atoms with Crippen LogP contribution in [0.1, 0.15) is 25.6 Å². The van der Waals surface area contributed by atoms with E-state index in [0.29, 0.717) is 23.5 Å². The number of benzene rings is 5. The van der Waals surface area contributed by atoms with Crippen molar-refractivity contribution in [2.45, 2.75) is 19.8 Å². The quantitative estimate of drug-likeness (QED) is 0.204. The van der Waals surface area contributed by atoms with Crippen molar-refractivity contribution in [1.29, 1.82) is 0 Å². The van der Waals surface area contributed by atoms with Crippen LogP contribution in [-0.2, 0) is 0 Å². The predicted molar refractivity (Wildman–Crippen MR) is 178 cm³/mol. The molecule has 0 fully saturated rings. The fourth-order valence-corrected chi connectivity index (χ4v) is 6.64. The Labute approximate surface area is 252 Å². The first-order chi connectivity index (χ1) is 21.2. The molecule has 0 spiro atoms. The first-order valence-corrected chi connectivity index (χ1v) is 15.1. The Hall–Kier alpha value is -5.15. The van der Waals surface area contributed by atoms with Gasteiger partial charge in [-0.2, -0.15) is 0 Å². The van der Waals surface area contributed by atoms with Crippen LogP contribution in [0.5, 0.6) is 0 Å². The fourth-order valence-electron chi connectivity index (χ4n) is 6.64. The number of hydrogen-bond donors (Lipinski definition) is 0. The molecule has 0 amide bonds. The van der Waals surface area contributed by atoms with Crippen molar-refractivity contribution in [2.75, 3.05) is 0 Å². The molecular weight excluding hydrogens is 522 g/mol. The predicted octanol–water partition coefficient (Wildman–Crippen LogP) is 10.1. The van der Waals surface area contributed by atoms with E-state index < -0.39 is 0 Å². The van der Waals surface area contributed by atoms with Crippen LogP contribution < -0.4 is 0 Å². The lowest BCUT2D eigenvalue weighted by atomic mass is 9.77. The molecule has 0 saturated carbocycles. The summed E-state index contributed by atoms with van der Waals surface area (Å²) in [7, 11) is 0. The molecule has 1 aromatic heterocycles. The first kappa shape index (κ1) is 25.6. The molecule has 0 aliphatic heterocycles. The van der Waals surface area contributed by atoms with Crippen LogP contribution in [0, 0.1) is 11.8 Å². The van der Waals surface area contributed by atoms with Gasteiger partial charge in [0.05, 0.1) is 0 Å². The second-order valence-electron chi connectivity index (χ2n) is 11.7. The highest BCUT2D eigenvalue weighted by Crippen LogP contribution is 2.40. The van der Waals surface area contributed by atoms with Crippen LogP contribution in [0.15, 0.2) is 139 Å². The largest absolute Gasteiger partial charge is 0.208 e. The lowest BCUT2D eigenvalue weighted by Gasteiger charge is -2.28. The summed E-state index contributed by atoms with van der Waals surface area (Å²) in [6.45, 7) is 2.29. The number of nitrogens with zero attached hydrogens (tertiary/aromatic N) is 3. The maximum Gasteiger partial charge on any atom is 0.164 e. The van der Waals surface area contributed by atoms with Crippen molar-refractivity contribution in [2.24, 2.45) is 11.8 Å². The average Bonchev–Trinajstić information content (AvgIpc) is 3.07. The highest BCUT2D eigenvalue weighted by atomic mass is 15.0. The monoisotopic (exact) mass is 553 g/mol. The summed E-state index contributed by atoms with van der Waals surface area (Å²) in [6.07, 6.45) is 11.3. The Balaban J connectivity index is 1.29. The molecule has 8 rings (SSSR count). The van der Waals surface area contributed by atoms with Gasteiger partial charge in [-0.15, -0.1) is 0 Å². The Morgan fingerprint density at radius 3 is 1.93 bits per heavy atom. The highest BCUT2D eigenvalue weighted by Gasteiger charge is 2.26. The minimum atomic E-state index is 0.414. The topological polar surface area (TPSA) is 38.7 Å². The summed E-state index contributed by atoms with van der Waals surface area (Å²) < 4.78 is 0. The van der Waals surface area contributed by atoms with Crippen LogP contribution in [0.3, 0.4) is 0 Å². The van der Waals surface area contributed by atoms with Crippen molar-refractivity contribution in [3.05, 3.63) is 145 Å². The van der Waals surface area contributed by atoms with Crippen molar-refractivity contribution in [3.8, 4) is 33.9 Å². The summed E-state index contributed by atoms with van der Waals surface area (Å²) in [6, 6.07) is 38.5. The highest BCUT2D eigenvalue weighted by molar-refractivity contribution is 5.97. The van der Waals surface area contributed by atoms with E-state index in [-0.39, 0.29) is 0 Å². The summed E-state index contributed by atoms with van der Waals surface area (Å²) in [5.41, 5.74) is 6.98. The second kappa shape index (κ2) is 10.6. The smallest absolute Gasteiger partial charge is 0.164 e. The molecule has 43 heavy (non-hydrogen) atoms. The van der Waals surface area contributed by atoms with Crippen LogP contribution in [0.4, 0.5) is 0 Å². The molecule has 0 saturated heterocycles. The number of allylic oxidation sites excluding steroid dienone is 6. The number of aromatic nitrogens is 3. The third-order valence-electron chi connectivity index (χ3n) is 8.83. The number of hydrogen-bond acceptors (Lipinski definition) is 3. The molecule has 3 heteroatoms. The maximum atomic E-state index is 5.16. The van der Waals surface area contributed by atoms with Gasteiger partial charge in [0.1, 0.15) is 0 Å². The second-order valence-corrected chi connectivity index (χ2v) is 11.7. The molecule has 3 nitrogen and oxygen atoms in total. The Kier molecular flexibility index (Phi) is 6.30. The van der Waals surface area contributed by atoms with Crippen molar-refractivity contribution < 1.29 is 0 Å². The fraction of sp³-hybridized carbons (Fsp3) is 0.125. The number of rotatable bonds is 4. The lowest BCUT2D eigenvalue weighted by Crippen LogP contribution is -2.15. The molecule has 5 aromatic carbocycles. The van der Waals surface area contributed by atoms with Gasteiger partial charge in [-0.05, 0) is 51.4 Å². The molecular formula is C40H31N3. The molecule has 0 bridgehead atoms. The van der Waals surface area contributed by atoms with Crippen LogP contribution in [0.2, 0.25) is 0 Å². The van der Waals surface area contributed by atoms with E-state index >= 15 is 0 Å². The molecule has 2 unspecified atom stereocenters. The van der Waals surface area contributed by atoms with Crippen molar-refractivity contribution in [1.82, 2.24) is 15.0 Å². The summed E-state index contributed by atoms with van der Waals surface area (Å²) in [5.74, 6) is 3.08. The van der Waals surface area contributed by atoms with E-state index in [9.17, 15) is 0 Å². The molecule has 2 aliphatic carbocycles. The van der Waals surface area contributed by atoms with Crippen LogP contribution >= 0.6 is 0 Å². The third kappa shape index (κ3) is 4.67. The van der Waals surface area contributed by atoms with Crippen LogP contribution in [0.25, 0.3) is 61.0 Å². The van der Waals surface area contributed by atoms with Gasteiger partial charge in [-0.3, -0.25) is 0 Å². The van der Waals surface area contributed by atoms with Gasteiger partial charge in [0.25, 0.3) is 0 Å². The molecule has 1 heterocycles. The van der Waals surface area contributed by atoms with Gasteiger partial charge < -0.3 is 0 Å². The van der Waals surface area contributed by atoms with Crippen molar-refractivity contribution >= 4 is 27.1 Å². The third-order valence-corrected chi connectivity index (χ3v) is 8.83. The molecule has 2 atom stereocenters. The zero-order valence-corrected chi connectivity index (χ0v) is 24.1. The summed E-state index contributed by atoms with van der Waals surface area (Å²) >= 11 is 0. The van der Waals surface area contributed by atoms with Gasteiger partial charge in [-0.1, -0.05) is 146 Å². The minimum Gasteiger partial charge on any atom is -0.208 e. The van der Waals surface area contributed by atoms with Crippen LogP contribution in [-0.4, -0.2) is 15.0 Å². The van der Waals surface area contributed by atoms with E-state index in [1.54, 1.807) is 0 Å². The SMILES string of the molecule is CC1C=CC2CC=CC(c3nc(-c4ccc(-c5cccc6ccccc56)cc4)nc(-c4cccc5ccccc45)n3)=C2C1. The molecule has 2 aliphatic rings. The van der Waals surface area contributed by atoms with Gasteiger partial charge >= 0.3 is 0 Å². The van der Waals surface area contributed by atoms with Gasteiger partial charge in [-0.25, -0.2) is 15.0 Å². The van der Waals surface area contributed by atoms with E-state index in [4.69, 9.17) is 15.0 Å². The van der Waals surface area contributed by atoms with Gasteiger partial charge in [0.15, 0.2) is 17.5 Å². The Morgan fingerprint density at radius 1 is 0.558 bits per heavy atom. The van der Waals surface area contributed by atoms with Crippen molar-refractivity contribution in [3.63, 3.8) is 0 Å². The van der Waals surface area contributed by atoms with E-state index in [2.05, 4.69) is 140 Å². The molecule has 0 radical (unpaired) electrons. The summed E-state index contributed by atoms with van der Waals surface area (Å²) in [4.78, 5) is 15.4. The zero-order chi connectivity index (χ0) is 28.8. The summed E-state index contributed by atoms with van der Waals surface area (Å²) in [5, 5.41) is 4.81. The first-order valence-electron chi connectivity index (χ1n) is 15.1. The molecule has 6 aromatic rings. The number of fused-ring (bicyclic) bond motifs is 3. The van der Waals surface area contributed by atoms with E-state index in [1.807, 2.05) is 0 Å². The Bertz CT molecular complexity index is 2090. The minimum absolute atomic E-state index is 0.414. The standard InChI is InChI=1S/C40H31N3/c1-26-19-20-29-13-8-18-36(37(29)25-26)40-42-38(41-39(43-40)35-17-7-12-28-10-3-5-15-34(28)35)31-23-21-30(22-24-31)33-16-6-11-27-9-2-4-14-32(27)33/h2-12,14-24,26,29H,13,25H2,1H3. The average molecular weight is 554 g/mol. The van der Waals surface area contributed by atoms with Gasteiger partial charge in [0, 0.05) is 22.6 Å². The Morgan fingerprint density at radius 2 is 1.16 bits per heavy atom. The van der Waals surface area contributed by atoms with E-state index in [1.165, 1.54) is 32.9 Å². The maximum absolute atomic E-state index is 5.16. The molecule has 206 valence electrons. The lowest BCUT2D eigenvalue weighted by molar-refractivity contribution is 0.597. The van der Waals surface area contributed by atoms with E-state index in [0.717, 1.165) is 40.8 Å². The normalized spacial score (nSPS) is 17.9.